The average molecular weight is 494 g/mol. The molecule has 0 bridgehead atoms. The quantitative estimate of drug-likeness (QED) is 0.388. The number of hydrogen-bond donors (Lipinski definition) is 1. The second-order valence-electron chi connectivity index (χ2n) is 7.90. The smallest absolute Gasteiger partial charge is 0.416 e. The molecule has 8 nitrogen and oxygen atoms in total. The van der Waals surface area contributed by atoms with E-state index in [1.165, 1.54) is 0 Å². The molecular formula is C22H21F3N4O4S. The first-order valence-electron chi connectivity index (χ1n) is 10.5. The second kappa shape index (κ2) is 9.18. The van der Waals surface area contributed by atoms with Gasteiger partial charge in [0, 0.05) is 18.5 Å². The van der Waals surface area contributed by atoms with Crippen molar-refractivity contribution in [2.45, 2.75) is 25.7 Å². The molecule has 1 saturated heterocycles. The van der Waals surface area contributed by atoms with Crippen molar-refractivity contribution in [3.8, 4) is 5.75 Å². The maximum atomic E-state index is 13.2. The Morgan fingerprint density at radius 2 is 2.00 bits per heavy atom. The van der Waals surface area contributed by atoms with Crippen LogP contribution in [-0.4, -0.2) is 36.3 Å². The van der Waals surface area contributed by atoms with E-state index in [4.69, 9.17) is 4.74 Å². The van der Waals surface area contributed by atoms with E-state index >= 15 is 0 Å². The lowest BCUT2D eigenvalue weighted by Gasteiger charge is -2.49. The summed E-state index contributed by atoms with van der Waals surface area (Å²) in [6.07, 6.45) is -4.26. The number of nitrogens with zero attached hydrogens (tertiary/aromatic N) is 3. The molecule has 1 aliphatic rings. The molecule has 3 aromatic rings. The molecule has 180 valence electrons. The van der Waals surface area contributed by atoms with Gasteiger partial charge in [-0.1, -0.05) is 30.4 Å². The molecule has 4 rings (SSSR count). The number of halogens is 3. The van der Waals surface area contributed by atoms with Crippen molar-refractivity contribution in [3.05, 3.63) is 68.0 Å². The summed E-state index contributed by atoms with van der Waals surface area (Å²) in [5.41, 5.74) is -1.83. The van der Waals surface area contributed by atoms with E-state index in [1.807, 2.05) is 36.1 Å². The molecule has 0 spiro atoms. The fourth-order valence-corrected chi connectivity index (χ4v) is 5.18. The minimum Gasteiger partial charge on any atom is -0.497 e. The molecule has 2 heterocycles. The Kier molecular flexibility index (Phi) is 6.45. The van der Waals surface area contributed by atoms with Gasteiger partial charge in [-0.2, -0.15) is 18.2 Å². The van der Waals surface area contributed by atoms with E-state index in [1.54, 1.807) is 7.11 Å². The van der Waals surface area contributed by atoms with Gasteiger partial charge in [-0.3, -0.25) is 20.2 Å². The Balaban J connectivity index is 1.67. The van der Waals surface area contributed by atoms with Crippen LogP contribution in [0.3, 0.4) is 0 Å². The lowest BCUT2D eigenvalue weighted by molar-refractivity contribution is -0.383. The zero-order chi connectivity index (χ0) is 24.6. The maximum Gasteiger partial charge on any atom is 0.416 e. The summed E-state index contributed by atoms with van der Waals surface area (Å²) in [6, 6.07) is 8.78. The third-order valence-corrected chi connectivity index (χ3v) is 6.89. The summed E-state index contributed by atoms with van der Waals surface area (Å²) in [5, 5.41) is 14.7. The first-order valence-corrected chi connectivity index (χ1v) is 11.3. The van der Waals surface area contributed by atoms with Crippen LogP contribution in [0.1, 0.15) is 18.1 Å². The van der Waals surface area contributed by atoms with Gasteiger partial charge in [-0.05, 0) is 36.7 Å². The second-order valence-corrected chi connectivity index (χ2v) is 8.87. The maximum absolute atomic E-state index is 13.2. The number of benzene rings is 2. The van der Waals surface area contributed by atoms with Crippen LogP contribution < -0.4 is 20.5 Å². The molecule has 1 fully saturated rings. The average Bonchev–Trinajstić information content (AvgIpc) is 2.79. The summed E-state index contributed by atoms with van der Waals surface area (Å²) in [5.74, 6) is 0.929. The van der Waals surface area contributed by atoms with Gasteiger partial charge in [0.2, 0.25) is 0 Å². The van der Waals surface area contributed by atoms with Crippen molar-refractivity contribution in [2.75, 3.05) is 25.1 Å². The third-order valence-electron chi connectivity index (χ3n) is 5.74. The summed E-state index contributed by atoms with van der Waals surface area (Å²) in [6.45, 7) is 3.10. The zero-order valence-corrected chi connectivity index (χ0v) is 19.1. The van der Waals surface area contributed by atoms with E-state index in [0.717, 1.165) is 29.1 Å². The number of ether oxygens (including phenoxy) is 1. The monoisotopic (exact) mass is 494 g/mol. The Hall–Kier alpha value is -3.25. The Morgan fingerprint density at radius 1 is 1.29 bits per heavy atom. The van der Waals surface area contributed by atoms with Crippen LogP contribution in [-0.2, 0) is 12.6 Å². The molecule has 2 atom stereocenters. The lowest BCUT2D eigenvalue weighted by atomic mass is 9.88. The largest absolute Gasteiger partial charge is 0.497 e. The zero-order valence-electron chi connectivity index (χ0n) is 18.3. The number of nitro benzene ring substituents is 1. The summed E-state index contributed by atoms with van der Waals surface area (Å²) < 4.78 is 44.6. The normalized spacial score (nSPS) is 18.1. The first kappa shape index (κ1) is 23.9. The highest BCUT2D eigenvalue weighted by atomic mass is 32.1. The molecule has 1 aromatic heterocycles. The van der Waals surface area contributed by atoms with Crippen LogP contribution in [0.2, 0.25) is 0 Å². The van der Waals surface area contributed by atoms with Gasteiger partial charge in [0.25, 0.3) is 11.2 Å². The number of nitrogens with one attached hydrogen (secondary N) is 1. The van der Waals surface area contributed by atoms with Crippen LogP contribution in [0.4, 0.5) is 24.0 Å². The van der Waals surface area contributed by atoms with Gasteiger partial charge in [0.15, 0.2) is 5.13 Å². The Labute approximate surface area is 196 Å². The van der Waals surface area contributed by atoms with Crippen LogP contribution >= 0.6 is 11.3 Å². The minimum atomic E-state index is -4.82. The number of hydrogen-bond acceptors (Lipinski definition) is 8. The van der Waals surface area contributed by atoms with Gasteiger partial charge >= 0.3 is 6.18 Å². The molecule has 2 unspecified atom stereocenters. The number of aromatic nitrogens is 1. The predicted molar refractivity (Wildman–Crippen MR) is 123 cm³/mol. The molecule has 0 radical (unpaired) electrons. The lowest BCUT2D eigenvalue weighted by Crippen LogP contribution is -2.64. The minimum absolute atomic E-state index is 0.123. The SMILES string of the molecule is CCNC1C(Cc2ccc(OC)cc2)CN1c1nc(=O)c2cc(C(F)(F)F)cc([N+](=O)[O-])c2s1. The number of anilines is 1. The van der Waals surface area contributed by atoms with Crippen molar-refractivity contribution in [3.63, 3.8) is 0 Å². The van der Waals surface area contributed by atoms with Crippen molar-refractivity contribution in [1.29, 1.82) is 0 Å². The number of fused-ring (bicyclic) bond motifs is 1. The topological polar surface area (TPSA) is 97.6 Å². The van der Waals surface area contributed by atoms with E-state index in [0.29, 0.717) is 25.2 Å². The van der Waals surface area contributed by atoms with Crippen molar-refractivity contribution in [1.82, 2.24) is 10.3 Å². The number of rotatable bonds is 7. The molecule has 0 saturated carbocycles. The standard InChI is InChI=1S/C22H21F3N4O4S/c1-3-26-19-13(8-12-4-6-15(33-2)7-5-12)11-28(19)21-27-20(30)16-9-14(22(23,24)25)10-17(29(31)32)18(16)34-21/h4-7,9-10,13,19,26H,3,8,11H2,1-2H3. The van der Waals surface area contributed by atoms with Gasteiger partial charge in [0.05, 0.1) is 29.1 Å². The number of nitro groups is 1. The Bertz CT molecular complexity index is 1280. The summed E-state index contributed by atoms with van der Waals surface area (Å²) >= 11 is 0.851. The van der Waals surface area contributed by atoms with E-state index in [-0.39, 0.29) is 21.9 Å². The van der Waals surface area contributed by atoms with Crippen molar-refractivity contribution < 1.29 is 22.8 Å². The van der Waals surface area contributed by atoms with Crippen LogP contribution in [0, 0.1) is 16.0 Å². The molecule has 12 heteroatoms. The van der Waals surface area contributed by atoms with Crippen LogP contribution in [0.25, 0.3) is 10.1 Å². The van der Waals surface area contributed by atoms with E-state index in [9.17, 15) is 28.1 Å². The number of methoxy groups -OCH3 is 1. The molecule has 1 aliphatic heterocycles. The fraction of sp³-hybridized carbons (Fsp3) is 0.364. The molecule has 0 amide bonds. The first-order chi connectivity index (χ1) is 16.1. The highest BCUT2D eigenvalue weighted by molar-refractivity contribution is 7.22. The highest BCUT2D eigenvalue weighted by Crippen LogP contribution is 2.40. The molecule has 0 aliphatic carbocycles. The van der Waals surface area contributed by atoms with Crippen molar-refractivity contribution in [2.24, 2.45) is 5.92 Å². The third kappa shape index (κ3) is 4.55. The van der Waals surface area contributed by atoms with Crippen LogP contribution in [0.15, 0.2) is 41.2 Å². The molecular weight excluding hydrogens is 473 g/mol. The Morgan fingerprint density at radius 3 is 2.59 bits per heavy atom. The van der Waals surface area contributed by atoms with E-state index in [2.05, 4.69) is 10.3 Å². The predicted octanol–water partition coefficient (Wildman–Crippen LogP) is 4.21. The highest BCUT2D eigenvalue weighted by Gasteiger charge is 2.40. The number of alkyl halides is 3. The molecule has 34 heavy (non-hydrogen) atoms. The van der Waals surface area contributed by atoms with Crippen molar-refractivity contribution >= 4 is 32.2 Å². The fourth-order valence-electron chi connectivity index (χ4n) is 4.07. The molecule has 2 aromatic carbocycles. The number of non-ortho nitro benzene ring substituents is 1. The summed E-state index contributed by atoms with van der Waals surface area (Å²) in [4.78, 5) is 29.1. The van der Waals surface area contributed by atoms with Crippen LogP contribution in [0.5, 0.6) is 5.75 Å². The van der Waals surface area contributed by atoms with Gasteiger partial charge in [-0.15, -0.1) is 0 Å². The summed E-state index contributed by atoms with van der Waals surface area (Å²) in [7, 11) is 1.59. The van der Waals surface area contributed by atoms with E-state index < -0.39 is 33.3 Å². The molecule has 1 N–H and O–H groups in total. The van der Waals surface area contributed by atoms with Gasteiger partial charge in [0.1, 0.15) is 10.4 Å². The van der Waals surface area contributed by atoms with Gasteiger partial charge < -0.3 is 9.64 Å². The van der Waals surface area contributed by atoms with Gasteiger partial charge in [-0.25, -0.2) is 0 Å².